The van der Waals surface area contributed by atoms with Crippen molar-refractivity contribution in [1.82, 2.24) is 39.9 Å². The first-order chi connectivity index (χ1) is 15.5. The summed E-state index contributed by atoms with van der Waals surface area (Å²) in [5, 5.41) is 16.5. The lowest BCUT2D eigenvalue weighted by Crippen LogP contribution is -2.36. The van der Waals surface area contributed by atoms with E-state index in [-0.39, 0.29) is 21.6 Å². The van der Waals surface area contributed by atoms with Crippen molar-refractivity contribution in [3.8, 4) is 11.5 Å². The van der Waals surface area contributed by atoms with Crippen LogP contribution in [0.1, 0.15) is 41.5 Å². The van der Waals surface area contributed by atoms with E-state index in [4.69, 9.17) is 0 Å². The first-order valence-electron chi connectivity index (χ1n) is 9.43. The van der Waals surface area contributed by atoms with Crippen molar-refractivity contribution in [2.75, 3.05) is 0 Å². The lowest BCUT2D eigenvalue weighted by atomic mass is 10.1. The number of amides is 1. The third-order valence-corrected chi connectivity index (χ3v) is 5.15. The fourth-order valence-electron chi connectivity index (χ4n) is 3.09. The van der Waals surface area contributed by atoms with Gasteiger partial charge in [-0.25, -0.2) is 14.0 Å². The minimum Gasteiger partial charge on any atom is -0.345 e. The highest BCUT2D eigenvalue weighted by molar-refractivity contribution is 5.92. The van der Waals surface area contributed by atoms with Crippen molar-refractivity contribution >= 4 is 5.91 Å². The molecule has 0 unspecified atom stereocenters. The summed E-state index contributed by atoms with van der Waals surface area (Å²) in [5.74, 6) is -7.60. The normalized spacial score (nSPS) is 16.1. The van der Waals surface area contributed by atoms with E-state index in [2.05, 4.69) is 25.8 Å². The largest absolute Gasteiger partial charge is 0.459 e. The summed E-state index contributed by atoms with van der Waals surface area (Å²) in [6, 6.07) is 0. The van der Waals surface area contributed by atoms with E-state index in [0.717, 1.165) is 43.2 Å². The Balaban J connectivity index is 1.72. The second kappa shape index (κ2) is 7.23. The van der Waals surface area contributed by atoms with Crippen LogP contribution in [0.2, 0.25) is 0 Å². The van der Waals surface area contributed by atoms with Crippen LogP contribution in [0.15, 0.2) is 18.6 Å². The van der Waals surface area contributed by atoms with Gasteiger partial charge in [-0.3, -0.25) is 4.79 Å². The molecule has 34 heavy (non-hydrogen) atoms. The third-order valence-electron chi connectivity index (χ3n) is 5.15. The SMILES string of the molecule is Cn1nc(C(F)(F)C(F)(F)F)c(C(F)(F)F)c1-n1cc(-n2cc(C(=O)NC3(C)CC3)nn2)cn1. The standard InChI is InChI=1S/C17H14F8N8O/c1-14(3-4-14)27-12(34)9-7-32(30-28-9)8-5-26-33(6-8)13-10(16(20,21)22)11(29-31(13)2)15(18,19)17(23,24)25/h5-7H,3-4H2,1-2H3,(H,27,34). The van der Waals surface area contributed by atoms with Crippen molar-refractivity contribution in [3.63, 3.8) is 0 Å². The Bertz CT molecular complexity index is 1250. The number of carbonyl (C=O) groups excluding carboxylic acids is 1. The number of aromatic nitrogens is 7. The number of rotatable bonds is 5. The number of alkyl halides is 8. The zero-order valence-corrected chi connectivity index (χ0v) is 17.2. The van der Waals surface area contributed by atoms with Gasteiger partial charge in [0.2, 0.25) is 0 Å². The van der Waals surface area contributed by atoms with Crippen LogP contribution in [0.3, 0.4) is 0 Å². The molecule has 0 aromatic carbocycles. The van der Waals surface area contributed by atoms with E-state index >= 15 is 0 Å². The van der Waals surface area contributed by atoms with E-state index in [1.54, 1.807) is 0 Å². The van der Waals surface area contributed by atoms with Crippen molar-refractivity contribution in [3.05, 3.63) is 35.5 Å². The van der Waals surface area contributed by atoms with Gasteiger partial charge in [0.15, 0.2) is 17.2 Å². The lowest BCUT2D eigenvalue weighted by molar-refractivity contribution is -0.292. The van der Waals surface area contributed by atoms with E-state index in [0.29, 0.717) is 4.68 Å². The van der Waals surface area contributed by atoms with Crippen molar-refractivity contribution in [2.24, 2.45) is 7.05 Å². The maximum absolute atomic E-state index is 13.8. The fourth-order valence-corrected chi connectivity index (χ4v) is 3.09. The van der Waals surface area contributed by atoms with Crippen LogP contribution in [-0.2, 0) is 19.1 Å². The number of hydrogen-bond donors (Lipinski definition) is 1. The summed E-state index contributed by atoms with van der Waals surface area (Å²) >= 11 is 0. The summed E-state index contributed by atoms with van der Waals surface area (Å²) < 4.78 is 109. The van der Waals surface area contributed by atoms with Crippen molar-refractivity contribution in [1.29, 1.82) is 0 Å². The van der Waals surface area contributed by atoms with Crippen LogP contribution in [0.5, 0.6) is 0 Å². The molecule has 0 atom stereocenters. The Kier molecular flexibility index (Phi) is 5.02. The Morgan fingerprint density at radius 1 is 1.06 bits per heavy atom. The average molecular weight is 498 g/mol. The minimum atomic E-state index is -6.32. The molecule has 0 saturated heterocycles. The van der Waals surface area contributed by atoms with Crippen molar-refractivity contribution in [2.45, 2.75) is 43.6 Å². The molecule has 3 aromatic heterocycles. The Morgan fingerprint density at radius 2 is 1.71 bits per heavy atom. The average Bonchev–Trinajstić information content (AvgIpc) is 3.13. The molecule has 1 fully saturated rings. The molecule has 0 bridgehead atoms. The quantitative estimate of drug-likeness (QED) is 0.546. The second-order valence-corrected chi connectivity index (χ2v) is 7.95. The third kappa shape index (κ3) is 3.98. The maximum Gasteiger partial charge on any atom is 0.459 e. The number of nitrogens with one attached hydrogen (secondary N) is 1. The van der Waals surface area contributed by atoms with E-state index in [1.807, 2.05) is 6.92 Å². The van der Waals surface area contributed by atoms with Crippen LogP contribution in [0.25, 0.3) is 11.5 Å². The molecule has 1 N–H and O–H groups in total. The summed E-state index contributed by atoms with van der Waals surface area (Å²) in [5.41, 5.74) is -5.32. The van der Waals surface area contributed by atoms with Gasteiger partial charge in [-0.05, 0) is 19.8 Å². The summed E-state index contributed by atoms with van der Waals surface area (Å²) in [6.07, 6.45) is -7.41. The zero-order valence-electron chi connectivity index (χ0n) is 17.2. The first-order valence-corrected chi connectivity index (χ1v) is 9.43. The number of carbonyl (C=O) groups is 1. The number of hydrogen-bond acceptors (Lipinski definition) is 5. The molecule has 4 rings (SSSR count). The molecular weight excluding hydrogens is 484 g/mol. The predicted octanol–water partition coefficient (Wildman–Crippen LogP) is 3.14. The summed E-state index contributed by atoms with van der Waals surface area (Å²) in [7, 11) is 0.762. The molecule has 0 spiro atoms. The fraction of sp³-hybridized carbons (Fsp3) is 0.471. The number of halogens is 8. The molecule has 17 heteroatoms. The van der Waals surface area contributed by atoms with Gasteiger partial charge in [0.05, 0.1) is 18.6 Å². The molecule has 3 heterocycles. The van der Waals surface area contributed by atoms with Gasteiger partial charge in [0.1, 0.15) is 11.3 Å². The Labute approximate surface area is 184 Å². The topological polar surface area (TPSA) is 95.5 Å². The highest BCUT2D eigenvalue weighted by atomic mass is 19.4. The minimum absolute atomic E-state index is 0.0531. The number of aryl methyl sites for hydroxylation is 1. The van der Waals surface area contributed by atoms with Crippen LogP contribution in [0, 0.1) is 0 Å². The summed E-state index contributed by atoms with van der Waals surface area (Å²) in [4.78, 5) is 12.2. The molecule has 1 aliphatic rings. The van der Waals surface area contributed by atoms with Crippen molar-refractivity contribution < 1.29 is 39.9 Å². The van der Waals surface area contributed by atoms with E-state index < -0.39 is 41.3 Å². The summed E-state index contributed by atoms with van der Waals surface area (Å²) in [6.45, 7) is 1.82. The monoisotopic (exact) mass is 498 g/mol. The Hall–Kier alpha value is -3.53. The molecule has 0 radical (unpaired) electrons. The molecule has 3 aromatic rings. The highest BCUT2D eigenvalue weighted by Crippen LogP contribution is 2.49. The smallest absolute Gasteiger partial charge is 0.345 e. The lowest BCUT2D eigenvalue weighted by Gasteiger charge is -2.19. The van der Waals surface area contributed by atoms with Gasteiger partial charge in [-0.15, -0.1) is 5.10 Å². The van der Waals surface area contributed by atoms with Crippen LogP contribution < -0.4 is 5.32 Å². The van der Waals surface area contributed by atoms with E-state index in [9.17, 15) is 39.9 Å². The van der Waals surface area contributed by atoms with Gasteiger partial charge >= 0.3 is 18.3 Å². The van der Waals surface area contributed by atoms with E-state index in [1.165, 1.54) is 0 Å². The highest BCUT2D eigenvalue weighted by Gasteiger charge is 2.64. The molecule has 0 aliphatic heterocycles. The van der Waals surface area contributed by atoms with Gasteiger partial charge < -0.3 is 5.32 Å². The first kappa shape index (κ1) is 23.6. The second-order valence-electron chi connectivity index (χ2n) is 7.95. The zero-order chi connectivity index (χ0) is 25.3. The maximum atomic E-state index is 13.8. The van der Waals surface area contributed by atoms with Crippen LogP contribution >= 0.6 is 0 Å². The molecule has 184 valence electrons. The molecular formula is C17H14F8N8O. The Morgan fingerprint density at radius 3 is 2.26 bits per heavy atom. The molecule has 1 amide bonds. The molecule has 9 nitrogen and oxygen atoms in total. The van der Waals surface area contributed by atoms with Gasteiger partial charge in [0, 0.05) is 12.6 Å². The van der Waals surface area contributed by atoms with Gasteiger partial charge in [0.25, 0.3) is 5.91 Å². The van der Waals surface area contributed by atoms with Gasteiger partial charge in [-0.2, -0.15) is 45.3 Å². The van der Waals surface area contributed by atoms with Crippen LogP contribution in [0.4, 0.5) is 35.1 Å². The number of nitrogens with zero attached hydrogens (tertiary/aromatic N) is 7. The van der Waals surface area contributed by atoms with Crippen LogP contribution in [-0.4, -0.2) is 52.2 Å². The molecule has 1 saturated carbocycles. The molecule has 1 aliphatic carbocycles. The predicted molar refractivity (Wildman–Crippen MR) is 95.3 cm³/mol. The van der Waals surface area contributed by atoms with Gasteiger partial charge in [-0.1, -0.05) is 5.21 Å².